The Labute approximate surface area is 212 Å². The molecule has 2 aromatic heterocycles. The average Bonchev–Trinajstić information content (AvgIpc) is 3.56. The SMILES string of the molecule is C[C@H](Sc1ncnc2scc(-c3ccccc3)c12)C(=O)Nc1ccc(S(=O)(=O)N2CCCC2)cc1. The fourth-order valence-electron chi connectivity index (χ4n) is 4.02. The second-order valence-electron chi connectivity index (χ2n) is 8.26. The molecule has 10 heteroatoms. The second kappa shape index (κ2) is 10.1. The van der Waals surface area contributed by atoms with Gasteiger partial charge in [0.25, 0.3) is 0 Å². The van der Waals surface area contributed by atoms with E-state index >= 15 is 0 Å². The summed E-state index contributed by atoms with van der Waals surface area (Å²) in [7, 11) is -3.48. The Balaban J connectivity index is 1.31. The van der Waals surface area contributed by atoms with Gasteiger partial charge in [0.05, 0.1) is 15.5 Å². The van der Waals surface area contributed by atoms with Crippen LogP contribution in [-0.4, -0.2) is 46.9 Å². The Kier molecular flexibility index (Phi) is 6.88. The highest BCUT2D eigenvalue weighted by molar-refractivity contribution is 8.00. The molecule has 1 N–H and O–H groups in total. The maximum atomic E-state index is 12.9. The van der Waals surface area contributed by atoms with Crippen molar-refractivity contribution in [3.63, 3.8) is 0 Å². The van der Waals surface area contributed by atoms with E-state index in [0.717, 1.165) is 39.2 Å². The molecule has 5 rings (SSSR count). The summed E-state index contributed by atoms with van der Waals surface area (Å²) in [6.07, 6.45) is 3.31. The molecular formula is C25H24N4O3S3. The number of hydrogen-bond acceptors (Lipinski definition) is 7. The third-order valence-electron chi connectivity index (χ3n) is 5.90. The largest absolute Gasteiger partial charge is 0.325 e. The van der Waals surface area contributed by atoms with Crippen molar-refractivity contribution in [1.82, 2.24) is 14.3 Å². The van der Waals surface area contributed by atoms with Crippen molar-refractivity contribution >= 4 is 54.9 Å². The fraction of sp³-hybridized carbons (Fsp3) is 0.240. The molecule has 0 unspecified atom stereocenters. The van der Waals surface area contributed by atoms with E-state index in [1.807, 2.05) is 37.3 Å². The molecule has 180 valence electrons. The third-order valence-corrected chi connectivity index (χ3v) is 9.80. The molecule has 0 bridgehead atoms. The zero-order valence-electron chi connectivity index (χ0n) is 19.0. The standard InChI is InChI=1S/C25H24N4O3S3/c1-17(23(30)28-19-9-11-20(12-10-19)35(31,32)29-13-5-6-14-29)34-25-22-21(18-7-3-2-4-8-18)15-33-24(22)26-16-27-25/h2-4,7-12,15-17H,5-6,13-14H2,1H3,(H,28,30)/t17-/m0/s1. The van der Waals surface area contributed by atoms with E-state index in [2.05, 4.69) is 20.7 Å². The molecule has 4 aromatic rings. The van der Waals surface area contributed by atoms with Crippen molar-refractivity contribution in [3.8, 4) is 11.1 Å². The van der Waals surface area contributed by atoms with Gasteiger partial charge in [0.2, 0.25) is 15.9 Å². The molecule has 0 spiro atoms. The van der Waals surface area contributed by atoms with E-state index in [0.29, 0.717) is 18.8 Å². The molecule has 2 aromatic carbocycles. The summed E-state index contributed by atoms with van der Waals surface area (Å²) < 4.78 is 26.9. The topological polar surface area (TPSA) is 92.3 Å². The lowest BCUT2D eigenvalue weighted by atomic mass is 10.1. The summed E-state index contributed by atoms with van der Waals surface area (Å²) in [5.41, 5.74) is 2.68. The monoisotopic (exact) mass is 524 g/mol. The van der Waals surface area contributed by atoms with Crippen molar-refractivity contribution in [2.45, 2.75) is 34.9 Å². The van der Waals surface area contributed by atoms with Gasteiger partial charge in [0.1, 0.15) is 16.2 Å². The Morgan fingerprint density at radius 3 is 2.49 bits per heavy atom. The van der Waals surface area contributed by atoms with E-state index in [-0.39, 0.29) is 10.8 Å². The first-order valence-electron chi connectivity index (χ1n) is 11.3. The van der Waals surface area contributed by atoms with Crippen LogP contribution in [0.5, 0.6) is 0 Å². The molecule has 7 nitrogen and oxygen atoms in total. The number of thiophene rings is 1. The zero-order valence-corrected chi connectivity index (χ0v) is 21.5. The molecule has 1 atom stereocenters. The summed E-state index contributed by atoms with van der Waals surface area (Å²) in [4.78, 5) is 22.9. The third kappa shape index (κ3) is 4.97. The predicted octanol–water partition coefficient (Wildman–Crippen LogP) is 5.26. The fourth-order valence-corrected chi connectivity index (χ4v) is 7.45. The lowest BCUT2D eigenvalue weighted by molar-refractivity contribution is -0.115. The Bertz CT molecular complexity index is 1450. The summed E-state index contributed by atoms with van der Waals surface area (Å²) in [6, 6.07) is 16.4. The molecule has 35 heavy (non-hydrogen) atoms. The minimum atomic E-state index is -3.48. The van der Waals surface area contributed by atoms with Crippen molar-refractivity contribution in [2.24, 2.45) is 0 Å². The highest BCUT2D eigenvalue weighted by Crippen LogP contribution is 2.39. The molecule has 1 aliphatic rings. The first kappa shape index (κ1) is 23.9. The van der Waals surface area contributed by atoms with Crippen LogP contribution in [0.4, 0.5) is 5.69 Å². The molecule has 3 heterocycles. The minimum absolute atomic E-state index is 0.187. The number of benzene rings is 2. The second-order valence-corrected chi connectivity index (χ2v) is 12.4. The van der Waals surface area contributed by atoms with Gasteiger partial charge in [0, 0.05) is 29.7 Å². The number of carbonyl (C=O) groups excluding carboxylic acids is 1. The van der Waals surface area contributed by atoms with Gasteiger partial charge in [-0.2, -0.15) is 4.31 Å². The number of hydrogen-bond donors (Lipinski definition) is 1. The van der Waals surface area contributed by atoms with Crippen molar-refractivity contribution in [1.29, 1.82) is 0 Å². The van der Waals surface area contributed by atoms with Crippen LogP contribution in [0, 0.1) is 0 Å². The van der Waals surface area contributed by atoms with Gasteiger partial charge in [-0.3, -0.25) is 4.79 Å². The Morgan fingerprint density at radius 1 is 1.06 bits per heavy atom. The number of amides is 1. The van der Waals surface area contributed by atoms with Gasteiger partial charge in [-0.15, -0.1) is 11.3 Å². The highest BCUT2D eigenvalue weighted by Gasteiger charge is 2.27. The molecular weight excluding hydrogens is 501 g/mol. The number of aromatic nitrogens is 2. The number of rotatable bonds is 7. The number of fused-ring (bicyclic) bond motifs is 1. The number of sulfonamides is 1. The van der Waals surface area contributed by atoms with E-state index in [1.165, 1.54) is 22.4 Å². The lowest BCUT2D eigenvalue weighted by Crippen LogP contribution is -2.27. The van der Waals surface area contributed by atoms with Crippen LogP contribution in [0.2, 0.25) is 0 Å². The van der Waals surface area contributed by atoms with Crippen LogP contribution in [0.1, 0.15) is 19.8 Å². The van der Waals surface area contributed by atoms with E-state index in [1.54, 1.807) is 35.6 Å². The van der Waals surface area contributed by atoms with Crippen LogP contribution in [0.25, 0.3) is 21.3 Å². The van der Waals surface area contributed by atoms with Gasteiger partial charge >= 0.3 is 0 Å². The Hall–Kier alpha value is -2.79. The molecule has 0 saturated carbocycles. The molecule has 0 aliphatic carbocycles. The summed E-state index contributed by atoms with van der Waals surface area (Å²) in [5, 5.41) is 6.24. The van der Waals surface area contributed by atoms with Crippen molar-refractivity contribution in [2.75, 3.05) is 18.4 Å². The van der Waals surface area contributed by atoms with Gasteiger partial charge in [-0.1, -0.05) is 42.1 Å². The molecule has 1 amide bonds. The number of nitrogens with zero attached hydrogens (tertiary/aromatic N) is 3. The maximum absolute atomic E-state index is 12.9. The van der Waals surface area contributed by atoms with Crippen molar-refractivity contribution in [3.05, 3.63) is 66.3 Å². The molecule has 1 fully saturated rings. The quantitative estimate of drug-likeness (QED) is 0.262. The summed E-state index contributed by atoms with van der Waals surface area (Å²) >= 11 is 2.93. The zero-order chi connectivity index (χ0) is 24.4. The number of carbonyl (C=O) groups is 1. The number of nitrogens with one attached hydrogen (secondary N) is 1. The first-order valence-corrected chi connectivity index (χ1v) is 14.5. The van der Waals surface area contributed by atoms with Gasteiger partial charge < -0.3 is 5.32 Å². The highest BCUT2D eigenvalue weighted by atomic mass is 32.2. The van der Waals surface area contributed by atoms with Crippen LogP contribution in [0.3, 0.4) is 0 Å². The van der Waals surface area contributed by atoms with E-state index < -0.39 is 15.3 Å². The van der Waals surface area contributed by atoms with Gasteiger partial charge in [-0.05, 0) is 49.6 Å². The Morgan fingerprint density at radius 2 is 1.77 bits per heavy atom. The van der Waals surface area contributed by atoms with Crippen LogP contribution >= 0.6 is 23.1 Å². The maximum Gasteiger partial charge on any atom is 0.243 e. The van der Waals surface area contributed by atoms with E-state index in [9.17, 15) is 13.2 Å². The van der Waals surface area contributed by atoms with E-state index in [4.69, 9.17) is 0 Å². The van der Waals surface area contributed by atoms with Crippen LogP contribution in [-0.2, 0) is 14.8 Å². The van der Waals surface area contributed by atoms with Crippen LogP contribution < -0.4 is 5.32 Å². The van der Waals surface area contributed by atoms with Crippen molar-refractivity contribution < 1.29 is 13.2 Å². The van der Waals surface area contributed by atoms with Gasteiger partial charge in [-0.25, -0.2) is 18.4 Å². The number of thioether (sulfide) groups is 1. The predicted molar refractivity (Wildman–Crippen MR) is 141 cm³/mol. The minimum Gasteiger partial charge on any atom is -0.325 e. The molecule has 1 aliphatic heterocycles. The summed E-state index contributed by atoms with van der Waals surface area (Å²) in [6.45, 7) is 2.94. The molecule has 0 radical (unpaired) electrons. The number of anilines is 1. The lowest BCUT2D eigenvalue weighted by Gasteiger charge is -2.16. The average molecular weight is 525 g/mol. The molecule has 1 saturated heterocycles. The van der Waals surface area contributed by atoms with Crippen LogP contribution in [0.15, 0.2) is 76.2 Å². The smallest absolute Gasteiger partial charge is 0.243 e. The first-order chi connectivity index (χ1) is 16.9. The summed E-state index contributed by atoms with van der Waals surface area (Å²) in [5.74, 6) is -0.187. The normalized spacial score (nSPS) is 15.3. The van der Waals surface area contributed by atoms with Gasteiger partial charge in [0.15, 0.2) is 0 Å².